The predicted octanol–water partition coefficient (Wildman–Crippen LogP) is 1.94. The average molecular weight is 338 g/mol. The first-order valence-corrected chi connectivity index (χ1v) is 7.35. The van der Waals surface area contributed by atoms with Crippen molar-refractivity contribution in [3.05, 3.63) is 47.8 Å². The Morgan fingerprint density at radius 3 is 2.54 bits per heavy atom. The maximum atomic E-state index is 12.6. The Balaban J connectivity index is 2.02. The van der Waals surface area contributed by atoms with Gasteiger partial charge in [-0.3, -0.25) is 9.48 Å². The third-order valence-corrected chi connectivity index (χ3v) is 3.54. The maximum Gasteiger partial charge on any atom is 0.387 e. The minimum atomic E-state index is -2.85. The number of likely N-dealkylation sites (N-methyl/N-ethyl adjacent to an activating group) is 2. The lowest BCUT2D eigenvalue weighted by atomic mass is 10.1. The van der Waals surface area contributed by atoms with E-state index in [0.717, 1.165) is 11.1 Å². The van der Waals surface area contributed by atoms with Crippen molar-refractivity contribution < 1.29 is 18.3 Å². The minimum Gasteiger partial charge on any atom is -0.435 e. The number of amides is 1. The van der Waals surface area contributed by atoms with Crippen LogP contribution < -0.4 is 10.1 Å². The molecule has 2 aromatic rings. The molecule has 0 saturated carbocycles. The van der Waals surface area contributed by atoms with E-state index in [-0.39, 0.29) is 11.7 Å². The molecule has 1 heterocycles. The Labute approximate surface area is 139 Å². The second kappa shape index (κ2) is 7.87. The molecule has 0 aliphatic heterocycles. The van der Waals surface area contributed by atoms with Gasteiger partial charge in [-0.25, -0.2) is 0 Å². The molecule has 1 unspecified atom stereocenters. The van der Waals surface area contributed by atoms with Crippen molar-refractivity contribution in [3.63, 3.8) is 0 Å². The number of carbonyl (C=O) groups is 1. The molecule has 0 bridgehead atoms. The summed E-state index contributed by atoms with van der Waals surface area (Å²) in [5.74, 6) is -0.0235. The van der Waals surface area contributed by atoms with Gasteiger partial charge in [0.25, 0.3) is 0 Å². The van der Waals surface area contributed by atoms with Gasteiger partial charge in [0, 0.05) is 32.4 Å². The molecule has 1 atom stereocenters. The number of nitrogens with one attached hydrogen (secondary N) is 1. The lowest BCUT2D eigenvalue weighted by Crippen LogP contribution is -2.37. The molecule has 6 nitrogen and oxygen atoms in total. The number of alkyl halides is 2. The van der Waals surface area contributed by atoms with Crippen LogP contribution in [0.2, 0.25) is 0 Å². The first-order valence-electron chi connectivity index (χ1n) is 7.35. The summed E-state index contributed by atoms with van der Waals surface area (Å²) in [5, 5.41) is 7.06. The Hall–Kier alpha value is -2.48. The van der Waals surface area contributed by atoms with Crippen LogP contribution in [0.25, 0.3) is 0 Å². The van der Waals surface area contributed by atoms with Gasteiger partial charge in [-0.15, -0.1) is 0 Å². The van der Waals surface area contributed by atoms with E-state index < -0.39 is 12.7 Å². The Bertz CT molecular complexity index is 673. The summed E-state index contributed by atoms with van der Waals surface area (Å²) in [4.78, 5) is 14.2. The molecule has 0 spiro atoms. The van der Waals surface area contributed by atoms with Crippen LogP contribution in [-0.4, -0.2) is 41.3 Å². The monoisotopic (exact) mass is 338 g/mol. The molecule has 1 N–H and O–H groups in total. The topological polar surface area (TPSA) is 59.4 Å². The number of hydrogen-bond acceptors (Lipinski definition) is 4. The highest BCUT2D eigenvalue weighted by Gasteiger charge is 2.23. The molecule has 1 amide bonds. The molecule has 0 aliphatic carbocycles. The van der Waals surface area contributed by atoms with E-state index in [9.17, 15) is 13.6 Å². The average Bonchev–Trinajstić information content (AvgIpc) is 2.95. The number of aryl methyl sites for hydroxylation is 1. The van der Waals surface area contributed by atoms with Crippen molar-refractivity contribution in [2.45, 2.75) is 19.2 Å². The number of carbonyl (C=O) groups excluding carboxylic acids is 1. The fourth-order valence-electron chi connectivity index (χ4n) is 2.37. The third kappa shape index (κ3) is 4.51. The fraction of sp³-hybridized carbons (Fsp3) is 0.375. The van der Waals surface area contributed by atoms with E-state index in [1.54, 1.807) is 55.3 Å². The molecule has 2 rings (SSSR count). The van der Waals surface area contributed by atoms with Crippen LogP contribution in [0.15, 0.2) is 36.7 Å². The highest BCUT2D eigenvalue weighted by molar-refractivity contribution is 5.82. The van der Waals surface area contributed by atoms with Gasteiger partial charge in [0.1, 0.15) is 11.8 Å². The second-order valence-corrected chi connectivity index (χ2v) is 5.39. The lowest BCUT2D eigenvalue weighted by molar-refractivity contribution is -0.132. The van der Waals surface area contributed by atoms with E-state index in [1.807, 2.05) is 0 Å². The molecule has 0 aliphatic rings. The molecule has 24 heavy (non-hydrogen) atoms. The number of rotatable bonds is 7. The number of halogens is 2. The summed E-state index contributed by atoms with van der Waals surface area (Å²) in [7, 11) is 5.18. The fourth-order valence-corrected chi connectivity index (χ4v) is 2.37. The summed E-state index contributed by atoms with van der Waals surface area (Å²) < 4.78 is 30.2. The smallest absolute Gasteiger partial charge is 0.387 e. The van der Waals surface area contributed by atoms with Crippen molar-refractivity contribution in [1.29, 1.82) is 0 Å². The molecule has 0 radical (unpaired) electrons. The van der Waals surface area contributed by atoms with E-state index in [1.165, 1.54) is 12.1 Å². The summed E-state index contributed by atoms with van der Waals surface area (Å²) in [6, 6.07) is 5.72. The molecule has 8 heteroatoms. The standard InChI is InChI=1S/C16H20F2N4O2/c1-19-14(12-8-20-22(3)10-12)15(23)21(2)9-11-4-6-13(7-5-11)24-16(17)18/h4-8,10,14,16,19H,9H2,1-3H3. The Morgan fingerprint density at radius 2 is 2.04 bits per heavy atom. The Morgan fingerprint density at radius 1 is 1.38 bits per heavy atom. The molecular weight excluding hydrogens is 318 g/mol. The van der Waals surface area contributed by atoms with Crippen LogP contribution in [-0.2, 0) is 18.4 Å². The van der Waals surface area contributed by atoms with Crippen molar-refractivity contribution >= 4 is 5.91 Å². The van der Waals surface area contributed by atoms with Crippen molar-refractivity contribution in [3.8, 4) is 5.75 Å². The Kier molecular flexibility index (Phi) is 5.86. The molecule has 1 aromatic heterocycles. The number of hydrogen-bond donors (Lipinski definition) is 1. The molecular formula is C16H20F2N4O2. The lowest BCUT2D eigenvalue weighted by Gasteiger charge is -2.23. The van der Waals surface area contributed by atoms with E-state index in [0.29, 0.717) is 6.54 Å². The van der Waals surface area contributed by atoms with Gasteiger partial charge in [-0.2, -0.15) is 13.9 Å². The molecule has 0 saturated heterocycles. The van der Waals surface area contributed by atoms with Gasteiger partial charge in [0.05, 0.1) is 6.20 Å². The first kappa shape index (κ1) is 17.9. The highest BCUT2D eigenvalue weighted by atomic mass is 19.3. The van der Waals surface area contributed by atoms with Crippen molar-refractivity contribution in [2.75, 3.05) is 14.1 Å². The predicted molar refractivity (Wildman–Crippen MR) is 84.6 cm³/mol. The van der Waals surface area contributed by atoms with E-state index >= 15 is 0 Å². The van der Waals surface area contributed by atoms with Crippen LogP contribution in [0.3, 0.4) is 0 Å². The number of aromatic nitrogens is 2. The number of ether oxygens (including phenoxy) is 1. The van der Waals surface area contributed by atoms with Gasteiger partial charge >= 0.3 is 6.61 Å². The number of benzene rings is 1. The zero-order valence-corrected chi connectivity index (χ0v) is 13.7. The minimum absolute atomic E-state index is 0.0891. The molecule has 1 aromatic carbocycles. The summed E-state index contributed by atoms with van der Waals surface area (Å²) in [5.41, 5.74) is 1.59. The largest absolute Gasteiger partial charge is 0.435 e. The molecule has 0 fully saturated rings. The van der Waals surface area contributed by atoms with Gasteiger partial charge < -0.3 is 15.0 Å². The van der Waals surface area contributed by atoms with E-state index in [2.05, 4.69) is 15.2 Å². The van der Waals surface area contributed by atoms with Crippen LogP contribution in [0.1, 0.15) is 17.2 Å². The summed E-state index contributed by atoms with van der Waals surface area (Å²) in [6.07, 6.45) is 3.42. The SMILES string of the molecule is CNC(C(=O)N(C)Cc1ccc(OC(F)F)cc1)c1cnn(C)c1. The zero-order chi connectivity index (χ0) is 17.7. The van der Waals surface area contributed by atoms with Crippen LogP contribution in [0, 0.1) is 0 Å². The van der Waals surface area contributed by atoms with Gasteiger partial charge in [-0.1, -0.05) is 12.1 Å². The van der Waals surface area contributed by atoms with Crippen LogP contribution >= 0.6 is 0 Å². The molecule has 130 valence electrons. The normalized spacial score (nSPS) is 12.2. The summed E-state index contributed by atoms with van der Waals surface area (Å²) >= 11 is 0. The van der Waals surface area contributed by atoms with Gasteiger partial charge in [0.2, 0.25) is 5.91 Å². The second-order valence-electron chi connectivity index (χ2n) is 5.39. The van der Waals surface area contributed by atoms with Gasteiger partial charge in [-0.05, 0) is 24.7 Å². The first-order chi connectivity index (χ1) is 11.4. The van der Waals surface area contributed by atoms with Crippen LogP contribution in [0.5, 0.6) is 5.75 Å². The number of nitrogens with zero attached hydrogens (tertiary/aromatic N) is 3. The quantitative estimate of drug-likeness (QED) is 0.838. The van der Waals surface area contributed by atoms with Crippen LogP contribution in [0.4, 0.5) is 8.78 Å². The van der Waals surface area contributed by atoms with Crippen molar-refractivity contribution in [1.82, 2.24) is 20.0 Å². The third-order valence-electron chi connectivity index (χ3n) is 3.54. The summed E-state index contributed by atoms with van der Waals surface area (Å²) in [6.45, 7) is -2.50. The zero-order valence-electron chi connectivity index (χ0n) is 13.7. The van der Waals surface area contributed by atoms with Gasteiger partial charge in [0.15, 0.2) is 0 Å². The highest BCUT2D eigenvalue weighted by Crippen LogP contribution is 2.18. The van der Waals surface area contributed by atoms with E-state index in [4.69, 9.17) is 0 Å². The van der Waals surface area contributed by atoms with Crippen molar-refractivity contribution in [2.24, 2.45) is 7.05 Å². The maximum absolute atomic E-state index is 12.6.